The number of nitrogens with zero attached hydrogens (tertiary/aromatic N) is 2. The highest BCUT2D eigenvalue weighted by atomic mass is 32.1. The maximum absolute atomic E-state index is 13.3. The third-order valence-corrected chi connectivity index (χ3v) is 4.06. The first-order chi connectivity index (χ1) is 12.7. The fraction of sp³-hybridized carbons (Fsp3) is 0.100. The number of thiocarbonyl (C=S) groups is 1. The summed E-state index contributed by atoms with van der Waals surface area (Å²) in [5, 5.41) is 11.4. The molecule has 0 aliphatic heterocycles. The van der Waals surface area contributed by atoms with E-state index in [0.29, 0.717) is 18.2 Å². The molecule has 6 heteroatoms. The van der Waals surface area contributed by atoms with Crippen LogP contribution in [0.5, 0.6) is 0 Å². The number of hydrogen-bond donors (Lipinski definition) is 2. The van der Waals surface area contributed by atoms with Crippen LogP contribution in [0.4, 0.5) is 4.39 Å². The van der Waals surface area contributed by atoms with Crippen molar-refractivity contribution in [3.8, 4) is 16.9 Å². The molecular formula is C20H19FN4S. The van der Waals surface area contributed by atoms with E-state index in [4.69, 9.17) is 17.3 Å². The van der Waals surface area contributed by atoms with Crippen molar-refractivity contribution in [1.82, 2.24) is 20.4 Å². The second-order valence-electron chi connectivity index (χ2n) is 5.64. The van der Waals surface area contributed by atoms with Gasteiger partial charge in [0.15, 0.2) is 5.11 Å². The van der Waals surface area contributed by atoms with E-state index in [0.717, 1.165) is 22.5 Å². The highest BCUT2D eigenvalue weighted by Crippen LogP contribution is 2.24. The zero-order valence-corrected chi connectivity index (χ0v) is 15.0. The van der Waals surface area contributed by atoms with Gasteiger partial charge in [0.1, 0.15) is 5.82 Å². The van der Waals surface area contributed by atoms with Crippen molar-refractivity contribution in [2.75, 3.05) is 6.54 Å². The van der Waals surface area contributed by atoms with Crippen molar-refractivity contribution in [1.29, 1.82) is 0 Å². The minimum absolute atomic E-state index is 0.272. The molecule has 1 aromatic heterocycles. The molecule has 26 heavy (non-hydrogen) atoms. The van der Waals surface area contributed by atoms with Gasteiger partial charge in [0.25, 0.3) is 0 Å². The number of benzene rings is 2. The monoisotopic (exact) mass is 366 g/mol. The molecule has 4 nitrogen and oxygen atoms in total. The second kappa shape index (κ2) is 8.40. The van der Waals surface area contributed by atoms with Gasteiger partial charge in [0.05, 0.1) is 11.4 Å². The SMILES string of the molecule is C=CCNC(=S)NCc1cn(-c2ccccc2)nc1-c1ccc(F)cc1. The fourth-order valence-corrected chi connectivity index (χ4v) is 2.66. The van der Waals surface area contributed by atoms with Crippen molar-refractivity contribution in [3.63, 3.8) is 0 Å². The van der Waals surface area contributed by atoms with Crippen LogP contribution in [-0.2, 0) is 6.54 Å². The Labute approximate surface area is 157 Å². The summed E-state index contributed by atoms with van der Waals surface area (Å²) < 4.78 is 15.1. The molecule has 0 fully saturated rings. The van der Waals surface area contributed by atoms with E-state index in [1.54, 1.807) is 18.2 Å². The molecule has 2 N–H and O–H groups in total. The van der Waals surface area contributed by atoms with Crippen molar-refractivity contribution >= 4 is 17.3 Å². The van der Waals surface area contributed by atoms with Crippen molar-refractivity contribution in [2.24, 2.45) is 0 Å². The Balaban J connectivity index is 1.90. The van der Waals surface area contributed by atoms with E-state index in [-0.39, 0.29) is 5.82 Å². The lowest BCUT2D eigenvalue weighted by Crippen LogP contribution is -2.34. The van der Waals surface area contributed by atoms with Crippen LogP contribution >= 0.6 is 12.2 Å². The summed E-state index contributed by atoms with van der Waals surface area (Å²) in [5.41, 5.74) is 3.55. The van der Waals surface area contributed by atoms with Gasteiger partial charge in [-0.05, 0) is 48.6 Å². The number of para-hydroxylation sites is 1. The molecule has 0 bridgehead atoms. The molecule has 1 heterocycles. The fourth-order valence-electron chi connectivity index (χ4n) is 2.51. The van der Waals surface area contributed by atoms with Crippen LogP contribution in [0.15, 0.2) is 73.4 Å². The second-order valence-corrected chi connectivity index (χ2v) is 6.05. The molecule has 2 aromatic carbocycles. The molecule has 0 atom stereocenters. The van der Waals surface area contributed by atoms with Crippen LogP contribution in [0.25, 0.3) is 16.9 Å². The lowest BCUT2D eigenvalue weighted by molar-refractivity contribution is 0.628. The molecule has 0 radical (unpaired) electrons. The molecule has 3 rings (SSSR count). The molecular weight excluding hydrogens is 347 g/mol. The van der Waals surface area contributed by atoms with Gasteiger partial charge in [0, 0.05) is 30.4 Å². The number of halogens is 1. The van der Waals surface area contributed by atoms with Gasteiger partial charge in [-0.2, -0.15) is 5.10 Å². The van der Waals surface area contributed by atoms with Crippen LogP contribution in [-0.4, -0.2) is 21.4 Å². The van der Waals surface area contributed by atoms with Gasteiger partial charge >= 0.3 is 0 Å². The third kappa shape index (κ3) is 4.34. The van der Waals surface area contributed by atoms with Gasteiger partial charge in [0.2, 0.25) is 0 Å². The first-order valence-corrected chi connectivity index (χ1v) is 8.60. The quantitative estimate of drug-likeness (QED) is 0.514. The number of nitrogens with one attached hydrogen (secondary N) is 2. The minimum Gasteiger partial charge on any atom is -0.359 e. The third-order valence-electron chi connectivity index (χ3n) is 3.77. The average molecular weight is 366 g/mol. The molecule has 0 saturated carbocycles. The highest BCUT2D eigenvalue weighted by molar-refractivity contribution is 7.80. The summed E-state index contributed by atoms with van der Waals surface area (Å²) in [4.78, 5) is 0. The predicted octanol–water partition coefficient (Wildman–Crippen LogP) is 3.83. The Morgan fingerprint density at radius 3 is 2.54 bits per heavy atom. The summed E-state index contributed by atoms with van der Waals surface area (Å²) >= 11 is 5.25. The first kappa shape index (κ1) is 17.8. The van der Waals surface area contributed by atoms with Crippen LogP contribution < -0.4 is 10.6 Å². The molecule has 0 aliphatic carbocycles. The van der Waals surface area contributed by atoms with Crippen molar-refractivity contribution in [3.05, 3.63) is 84.8 Å². The summed E-state index contributed by atoms with van der Waals surface area (Å²) in [5.74, 6) is -0.272. The van der Waals surface area contributed by atoms with E-state index >= 15 is 0 Å². The molecule has 0 amide bonds. The largest absolute Gasteiger partial charge is 0.359 e. The summed E-state index contributed by atoms with van der Waals surface area (Å²) in [6, 6.07) is 16.2. The zero-order chi connectivity index (χ0) is 18.4. The Kier molecular flexibility index (Phi) is 5.76. The molecule has 0 spiro atoms. The van der Waals surface area contributed by atoms with E-state index in [1.165, 1.54) is 12.1 Å². The standard InChI is InChI=1S/C20H19FN4S/c1-2-12-22-20(26)23-13-16-14-25(18-6-4-3-5-7-18)24-19(16)15-8-10-17(21)11-9-15/h2-11,14H,1,12-13H2,(H2,22,23,26). The molecule has 132 valence electrons. The van der Waals surface area contributed by atoms with E-state index in [9.17, 15) is 4.39 Å². The summed E-state index contributed by atoms with van der Waals surface area (Å²) in [6.07, 6.45) is 3.70. The molecule has 0 aliphatic rings. The highest BCUT2D eigenvalue weighted by Gasteiger charge is 2.13. The summed E-state index contributed by atoms with van der Waals surface area (Å²) in [6.45, 7) is 4.75. The number of aromatic nitrogens is 2. The van der Waals surface area contributed by atoms with Crippen molar-refractivity contribution < 1.29 is 4.39 Å². The minimum atomic E-state index is -0.272. The molecule has 0 unspecified atom stereocenters. The maximum Gasteiger partial charge on any atom is 0.166 e. The Morgan fingerprint density at radius 1 is 1.12 bits per heavy atom. The van der Waals surface area contributed by atoms with Gasteiger partial charge in [-0.25, -0.2) is 9.07 Å². The maximum atomic E-state index is 13.3. The van der Waals surface area contributed by atoms with E-state index < -0.39 is 0 Å². The van der Waals surface area contributed by atoms with E-state index in [1.807, 2.05) is 41.2 Å². The van der Waals surface area contributed by atoms with E-state index in [2.05, 4.69) is 17.2 Å². The van der Waals surface area contributed by atoms with Crippen LogP contribution in [0, 0.1) is 5.82 Å². The predicted molar refractivity (Wildman–Crippen MR) is 107 cm³/mol. The topological polar surface area (TPSA) is 41.9 Å². The zero-order valence-electron chi connectivity index (χ0n) is 14.2. The van der Waals surface area contributed by atoms with Crippen LogP contribution in [0.2, 0.25) is 0 Å². The Morgan fingerprint density at radius 2 is 1.85 bits per heavy atom. The smallest absolute Gasteiger partial charge is 0.166 e. The van der Waals surface area contributed by atoms with Gasteiger partial charge in [-0.1, -0.05) is 24.3 Å². The molecule has 3 aromatic rings. The number of rotatable bonds is 6. The van der Waals surface area contributed by atoms with Gasteiger partial charge in [-0.15, -0.1) is 6.58 Å². The lowest BCUT2D eigenvalue weighted by atomic mass is 10.1. The first-order valence-electron chi connectivity index (χ1n) is 8.20. The van der Waals surface area contributed by atoms with Crippen LogP contribution in [0.1, 0.15) is 5.56 Å². The normalized spacial score (nSPS) is 10.3. The van der Waals surface area contributed by atoms with Crippen LogP contribution in [0.3, 0.4) is 0 Å². The summed E-state index contributed by atoms with van der Waals surface area (Å²) in [7, 11) is 0. The number of hydrogen-bond acceptors (Lipinski definition) is 2. The molecule has 0 saturated heterocycles. The van der Waals surface area contributed by atoms with Gasteiger partial charge < -0.3 is 10.6 Å². The lowest BCUT2D eigenvalue weighted by Gasteiger charge is -2.08. The Hall–Kier alpha value is -2.99. The van der Waals surface area contributed by atoms with Gasteiger partial charge in [-0.3, -0.25) is 0 Å². The Bertz CT molecular complexity index is 888. The average Bonchev–Trinajstić information content (AvgIpc) is 3.10. The van der Waals surface area contributed by atoms with Crippen molar-refractivity contribution in [2.45, 2.75) is 6.54 Å².